The van der Waals surface area contributed by atoms with E-state index < -0.39 is 0 Å². The van der Waals surface area contributed by atoms with Crippen molar-refractivity contribution in [1.82, 2.24) is 4.57 Å². The molecule has 12 aromatic carbocycles. The van der Waals surface area contributed by atoms with Crippen molar-refractivity contribution in [1.29, 1.82) is 0 Å². The Morgan fingerprint density at radius 3 is 1.39 bits per heavy atom. The summed E-state index contributed by atoms with van der Waals surface area (Å²) in [7, 11) is 0. The van der Waals surface area contributed by atoms with Crippen molar-refractivity contribution >= 4 is 82.0 Å². The SMILES string of the molecule is c1ccc(-n2c3cc(-c4ccc(N(c5ccc(-c6ccc7ccc8ccccc8c7c6)cc5)c5ccc(-c6cccc7ccccc67)cc5)cc4)ccc3c3ccc4ccccc4c32)cc1. The molecule has 0 radical (unpaired) electrons. The van der Waals surface area contributed by atoms with Crippen molar-refractivity contribution in [2.45, 2.75) is 0 Å². The predicted octanol–water partition coefficient (Wildman–Crippen LogP) is 17.9. The number of hydrogen-bond acceptors (Lipinski definition) is 1. The smallest absolute Gasteiger partial charge is 0.0619 e. The highest BCUT2D eigenvalue weighted by molar-refractivity contribution is 6.19. The van der Waals surface area contributed by atoms with Crippen LogP contribution in [0, 0.1) is 0 Å². The number of benzene rings is 12. The minimum atomic E-state index is 1.09. The molecule has 13 aromatic rings. The van der Waals surface area contributed by atoms with Gasteiger partial charge in [0.1, 0.15) is 0 Å². The second-order valence-electron chi connectivity index (χ2n) is 17.3. The van der Waals surface area contributed by atoms with Gasteiger partial charge in [-0.15, -0.1) is 0 Å². The highest BCUT2D eigenvalue weighted by Crippen LogP contribution is 2.41. The third-order valence-electron chi connectivity index (χ3n) is 13.6. The van der Waals surface area contributed by atoms with Crippen molar-refractivity contribution in [3.05, 3.63) is 255 Å². The number of para-hydroxylation sites is 1. The molecule has 0 aliphatic heterocycles. The molecule has 0 aliphatic carbocycles. The van der Waals surface area contributed by atoms with Crippen molar-refractivity contribution in [2.75, 3.05) is 4.90 Å². The van der Waals surface area contributed by atoms with Gasteiger partial charge in [0, 0.05) is 38.9 Å². The van der Waals surface area contributed by atoms with E-state index in [9.17, 15) is 0 Å². The Balaban J connectivity index is 0.907. The normalized spacial score (nSPS) is 11.6. The molecular weight excluding hydrogens is 797 g/mol. The van der Waals surface area contributed by atoms with E-state index in [1.807, 2.05) is 0 Å². The summed E-state index contributed by atoms with van der Waals surface area (Å²) in [6.45, 7) is 0. The maximum atomic E-state index is 2.44. The van der Waals surface area contributed by atoms with Crippen LogP contribution in [-0.4, -0.2) is 4.57 Å². The zero-order valence-electron chi connectivity index (χ0n) is 36.1. The van der Waals surface area contributed by atoms with Gasteiger partial charge < -0.3 is 9.47 Å². The van der Waals surface area contributed by atoms with Crippen LogP contribution in [0.5, 0.6) is 0 Å². The summed E-state index contributed by atoms with van der Waals surface area (Å²) in [4.78, 5) is 2.37. The van der Waals surface area contributed by atoms with Gasteiger partial charge in [0.25, 0.3) is 0 Å². The summed E-state index contributed by atoms with van der Waals surface area (Å²) in [5.41, 5.74) is 14.0. The van der Waals surface area contributed by atoms with Gasteiger partial charge in [0.05, 0.1) is 11.0 Å². The first-order valence-electron chi connectivity index (χ1n) is 22.7. The lowest BCUT2D eigenvalue weighted by Gasteiger charge is -2.26. The highest BCUT2D eigenvalue weighted by Gasteiger charge is 2.18. The van der Waals surface area contributed by atoms with Crippen LogP contribution in [0.1, 0.15) is 0 Å². The summed E-state index contributed by atoms with van der Waals surface area (Å²) in [5.74, 6) is 0. The summed E-state index contributed by atoms with van der Waals surface area (Å²) in [6, 6.07) is 93.2. The predicted molar refractivity (Wildman–Crippen MR) is 282 cm³/mol. The molecule has 0 saturated carbocycles. The summed E-state index contributed by atoms with van der Waals surface area (Å²) in [6.07, 6.45) is 0. The van der Waals surface area contributed by atoms with Crippen LogP contribution in [0.3, 0.4) is 0 Å². The van der Waals surface area contributed by atoms with Crippen molar-refractivity contribution in [3.8, 4) is 39.1 Å². The molecule has 0 spiro atoms. The van der Waals surface area contributed by atoms with Crippen molar-refractivity contribution in [2.24, 2.45) is 0 Å². The second-order valence-corrected chi connectivity index (χ2v) is 17.3. The average molecular weight is 839 g/mol. The van der Waals surface area contributed by atoms with E-state index in [4.69, 9.17) is 0 Å². The molecule has 0 amide bonds. The molecule has 0 atom stereocenters. The molecule has 0 N–H and O–H groups in total. The Kier molecular flexibility index (Phi) is 8.89. The van der Waals surface area contributed by atoms with Crippen LogP contribution in [0.4, 0.5) is 17.1 Å². The molecule has 0 fully saturated rings. The molecule has 0 aliphatic rings. The number of anilines is 3. The molecule has 2 heteroatoms. The minimum Gasteiger partial charge on any atom is -0.311 e. The van der Waals surface area contributed by atoms with E-state index in [1.54, 1.807) is 0 Å². The molecule has 2 nitrogen and oxygen atoms in total. The molecule has 1 heterocycles. The largest absolute Gasteiger partial charge is 0.311 e. The molecule has 0 bridgehead atoms. The Hall–Kier alpha value is -8.72. The summed E-state index contributed by atoms with van der Waals surface area (Å²) in [5, 5.41) is 12.6. The molecule has 0 unspecified atom stereocenters. The molecule has 308 valence electrons. The second kappa shape index (κ2) is 15.5. The van der Waals surface area contributed by atoms with Gasteiger partial charge in [-0.05, 0) is 132 Å². The molecule has 13 rings (SSSR count). The van der Waals surface area contributed by atoms with Gasteiger partial charge in [-0.3, -0.25) is 0 Å². The topological polar surface area (TPSA) is 8.17 Å². The number of nitrogens with zero attached hydrogens (tertiary/aromatic N) is 2. The fraction of sp³-hybridized carbons (Fsp3) is 0. The van der Waals surface area contributed by atoms with E-state index in [-0.39, 0.29) is 0 Å². The van der Waals surface area contributed by atoms with Gasteiger partial charge >= 0.3 is 0 Å². The maximum absolute atomic E-state index is 2.44. The van der Waals surface area contributed by atoms with Gasteiger partial charge in [-0.1, -0.05) is 194 Å². The van der Waals surface area contributed by atoms with Crippen LogP contribution >= 0.6 is 0 Å². The van der Waals surface area contributed by atoms with Gasteiger partial charge in [-0.25, -0.2) is 0 Å². The van der Waals surface area contributed by atoms with Crippen LogP contribution in [-0.2, 0) is 0 Å². The average Bonchev–Trinajstić information content (AvgIpc) is 3.73. The lowest BCUT2D eigenvalue weighted by molar-refractivity contribution is 1.19. The minimum absolute atomic E-state index is 1.09. The van der Waals surface area contributed by atoms with E-state index >= 15 is 0 Å². The van der Waals surface area contributed by atoms with Crippen LogP contribution < -0.4 is 4.90 Å². The molecule has 1 aromatic heterocycles. The van der Waals surface area contributed by atoms with E-state index in [0.29, 0.717) is 0 Å². The zero-order chi connectivity index (χ0) is 43.6. The monoisotopic (exact) mass is 838 g/mol. The number of fused-ring (bicyclic) bond motifs is 9. The van der Waals surface area contributed by atoms with Gasteiger partial charge in [0.2, 0.25) is 0 Å². The van der Waals surface area contributed by atoms with Crippen molar-refractivity contribution < 1.29 is 0 Å². The summed E-state index contributed by atoms with van der Waals surface area (Å²) >= 11 is 0. The highest BCUT2D eigenvalue weighted by atomic mass is 15.1. The van der Waals surface area contributed by atoms with E-state index in [2.05, 4.69) is 264 Å². The quantitative estimate of drug-likeness (QED) is 0.145. The number of rotatable bonds is 7. The maximum Gasteiger partial charge on any atom is 0.0619 e. The van der Waals surface area contributed by atoms with E-state index in [1.165, 1.54) is 98.3 Å². The first kappa shape index (κ1) is 37.8. The van der Waals surface area contributed by atoms with Crippen LogP contribution in [0.2, 0.25) is 0 Å². The number of hydrogen-bond donors (Lipinski definition) is 0. The zero-order valence-corrected chi connectivity index (χ0v) is 36.1. The van der Waals surface area contributed by atoms with E-state index in [0.717, 1.165) is 22.7 Å². The first-order chi connectivity index (χ1) is 32.7. The Labute approximate surface area is 383 Å². The number of aromatic nitrogens is 1. The lowest BCUT2D eigenvalue weighted by atomic mass is 9.97. The standard InChI is InChI=1S/C64H42N2/c1-2-15-52(16-3-1)66-63-42-51(32-39-60(63)61-40-31-47-13-6-9-19-59(47)64(61)66)44-27-35-54(36-28-44)65(55-37-29-48(30-38-55)57-20-10-14-45-11-4-7-17-56(45)57)53-33-25-43(26-34-53)50-24-23-49-22-21-46-12-5-8-18-58(46)62(49)41-50/h1-42H. The molecule has 0 saturated heterocycles. The Bertz CT molecular complexity index is 3950. The Morgan fingerprint density at radius 1 is 0.258 bits per heavy atom. The van der Waals surface area contributed by atoms with Gasteiger partial charge in [-0.2, -0.15) is 0 Å². The molecular formula is C64H42N2. The third kappa shape index (κ3) is 6.34. The van der Waals surface area contributed by atoms with Crippen LogP contribution in [0.15, 0.2) is 255 Å². The third-order valence-corrected chi connectivity index (χ3v) is 13.6. The van der Waals surface area contributed by atoms with Crippen molar-refractivity contribution in [3.63, 3.8) is 0 Å². The first-order valence-corrected chi connectivity index (χ1v) is 22.7. The molecule has 66 heavy (non-hydrogen) atoms. The van der Waals surface area contributed by atoms with Crippen LogP contribution in [0.25, 0.3) is 104 Å². The fourth-order valence-electron chi connectivity index (χ4n) is 10.3. The Morgan fingerprint density at radius 2 is 0.712 bits per heavy atom. The summed E-state index contributed by atoms with van der Waals surface area (Å²) < 4.78 is 2.44. The lowest BCUT2D eigenvalue weighted by Crippen LogP contribution is -2.09. The van der Waals surface area contributed by atoms with Gasteiger partial charge in [0.15, 0.2) is 0 Å². The fourth-order valence-corrected chi connectivity index (χ4v) is 10.3.